The Morgan fingerprint density at radius 3 is 2.50 bits per heavy atom. The number of aliphatic carboxylic acids is 2. The molecule has 1 aliphatic rings. The van der Waals surface area contributed by atoms with Gasteiger partial charge in [0.15, 0.2) is 5.37 Å². The quantitative estimate of drug-likeness (QED) is 0.549. The lowest BCUT2D eigenvalue weighted by molar-refractivity contribution is -0.141. The van der Waals surface area contributed by atoms with Gasteiger partial charge in [-0.2, -0.15) is 0 Å². The van der Waals surface area contributed by atoms with E-state index < -0.39 is 23.4 Å². The topological polar surface area (TPSA) is 86.6 Å². The molecule has 2 unspecified atom stereocenters. The number of nitrogens with one attached hydrogen (secondary N) is 1. The standard InChI is InChI=1S/C6H9NO4S/c8-5(9)3-1-2-12-4(7-3)6(10)11/h3-4,7H,1-2H2,(H,8,9)(H,10,11). The Kier molecular flexibility index (Phi) is 2.93. The van der Waals surface area contributed by atoms with Crippen LogP contribution in [0.1, 0.15) is 6.42 Å². The van der Waals surface area contributed by atoms with Gasteiger partial charge in [0.05, 0.1) is 0 Å². The van der Waals surface area contributed by atoms with Gasteiger partial charge in [0.2, 0.25) is 0 Å². The second-order valence-corrected chi connectivity index (χ2v) is 3.65. The van der Waals surface area contributed by atoms with Gasteiger partial charge in [0.25, 0.3) is 0 Å². The third-order valence-electron chi connectivity index (χ3n) is 1.57. The average Bonchev–Trinajstić information content (AvgIpc) is 2.04. The molecule has 0 saturated carbocycles. The van der Waals surface area contributed by atoms with E-state index in [4.69, 9.17) is 10.2 Å². The number of thioether (sulfide) groups is 1. The third kappa shape index (κ3) is 2.12. The Labute approximate surface area is 73.1 Å². The highest BCUT2D eigenvalue weighted by molar-refractivity contribution is 8.00. The lowest BCUT2D eigenvalue weighted by Crippen LogP contribution is -2.49. The number of hydrogen-bond donors (Lipinski definition) is 3. The number of rotatable bonds is 2. The maximum absolute atomic E-state index is 10.5. The van der Waals surface area contributed by atoms with Crippen molar-refractivity contribution < 1.29 is 19.8 Å². The summed E-state index contributed by atoms with van der Waals surface area (Å²) >= 11 is 1.22. The first-order valence-corrected chi connectivity index (χ1v) is 4.49. The number of carboxylic acid groups (broad SMARTS) is 2. The zero-order valence-electron chi connectivity index (χ0n) is 6.19. The minimum atomic E-state index is -1.01. The summed E-state index contributed by atoms with van der Waals surface area (Å²) in [6, 6.07) is -0.715. The molecule has 6 heteroatoms. The van der Waals surface area contributed by atoms with E-state index in [0.717, 1.165) is 0 Å². The van der Waals surface area contributed by atoms with Crippen molar-refractivity contribution in [1.29, 1.82) is 0 Å². The normalized spacial score (nSPS) is 29.7. The van der Waals surface area contributed by atoms with Crippen LogP contribution in [0, 0.1) is 0 Å². The minimum Gasteiger partial charge on any atom is -0.480 e. The molecule has 2 atom stereocenters. The lowest BCUT2D eigenvalue weighted by atomic mass is 10.2. The van der Waals surface area contributed by atoms with Crippen molar-refractivity contribution in [2.75, 3.05) is 5.75 Å². The van der Waals surface area contributed by atoms with Crippen molar-refractivity contribution in [1.82, 2.24) is 5.32 Å². The molecule has 1 aliphatic heterocycles. The summed E-state index contributed by atoms with van der Waals surface area (Å²) in [6.45, 7) is 0. The van der Waals surface area contributed by atoms with E-state index in [9.17, 15) is 9.59 Å². The van der Waals surface area contributed by atoms with E-state index in [0.29, 0.717) is 12.2 Å². The van der Waals surface area contributed by atoms with Crippen molar-refractivity contribution in [3.63, 3.8) is 0 Å². The van der Waals surface area contributed by atoms with Gasteiger partial charge in [-0.1, -0.05) is 0 Å². The molecule has 0 spiro atoms. The molecule has 1 saturated heterocycles. The van der Waals surface area contributed by atoms with E-state index in [1.165, 1.54) is 11.8 Å². The van der Waals surface area contributed by atoms with E-state index in [-0.39, 0.29) is 0 Å². The molecule has 5 nitrogen and oxygen atoms in total. The van der Waals surface area contributed by atoms with Gasteiger partial charge >= 0.3 is 11.9 Å². The summed E-state index contributed by atoms with van der Waals surface area (Å²) in [4.78, 5) is 20.9. The molecule has 1 heterocycles. The fourth-order valence-corrected chi connectivity index (χ4v) is 1.97. The Morgan fingerprint density at radius 1 is 1.33 bits per heavy atom. The Bertz CT molecular complexity index is 188. The largest absolute Gasteiger partial charge is 0.480 e. The van der Waals surface area contributed by atoms with Crippen LogP contribution >= 0.6 is 11.8 Å². The highest BCUT2D eigenvalue weighted by Crippen LogP contribution is 2.18. The summed E-state index contributed by atoms with van der Waals surface area (Å²) in [7, 11) is 0. The van der Waals surface area contributed by atoms with Crippen molar-refractivity contribution in [3.8, 4) is 0 Å². The predicted octanol–water partition coefficient (Wildman–Crippen LogP) is -0.423. The van der Waals surface area contributed by atoms with Gasteiger partial charge in [-0.05, 0) is 12.2 Å². The molecule has 0 aliphatic carbocycles. The summed E-state index contributed by atoms with van der Waals surface area (Å²) < 4.78 is 0. The minimum absolute atomic E-state index is 0.476. The third-order valence-corrected chi connectivity index (χ3v) is 2.71. The van der Waals surface area contributed by atoms with Crippen molar-refractivity contribution in [3.05, 3.63) is 0 Å². The molecule has 0 aromatic rings. The highest BCUT2D eigenvalue weighted by Gasteiger charge is 2.30. The highest BCUT2D eigenvalue weighted by atomic mass is 32.2. The number of carbonyl (C=O) groups is 2. The summed E-state index contributed by atoms with van der Waals surface area (Å²) in [5.74, 6) is -1.42. The molecule has 12 heavy (non-hydrogen) atoms. The van der Waals surface area contributed by atoms with Gasteiger partial charge in [-0.25, -0.2) is 4.79 Å². The first-order valence-electron chi connectivity index (χ1n) is 3.44. The van der Waals surface area contributed by atoms with Crippen LogP contribution in [0.25, 0.3) is 0 Å². The average molecular weight is 191 g/mol. The smallest absolute Gasteiger partial charge is 0.331 e. The first kappa shape index (κ1) is 9.34. The molecule has 1 fully saturated rings. The van der Waals surface area contributed by atoms with Crippen LogP contribution < -0.4 is 5.32 Å². The molecule has 68 valence electrons. The second-order valence-electron chi connectivity index (χ2n) is 2.44. The second kappa shape index (κ2) is 3.77. The molecule has 0 amide bonds. The van der Waals surface area contributed by atoms with Crippen molar-refractivity contribution in [2.45, 2.75) is 17.8 Å². The van der Waals surface area contributed by atoms with Crippen LogP contribution in [-0.2, 0) is 9.59 Å². The van der Waals surface area contributed by atoms with E-state index in [1.54, 1.807) is 0 Å². The fraction of sp³-hybridized carbons (Fsp3) is 0.667. The van der Waals surface area contributed by atoms with E-state index >= 15 is 0 Å². The van der Waals surface area contributed by atoms with Crippen LogP contribution in [0.2, 0.25) is 0 Å². The van der Waals surface area contributed by atoms with Crippen molar-refractivity contribution >= 4 is 23.7 Å². The molecule has 0 aromatic carbocycles. The summed E-state index contributed by atoms with van der Waals surface area (Å²) in [6.07, 6.45) is 0.476. The maximum atomic E-state index is 10.5. The fourth-order valence-electron chi connectivity index (χ4n) is 0.955. The van der Waals surface area contributed by atoms with Crippen LogP contribution in [0.3, 0.4) is 0 Å². The van der Waals surface area contributed by atoms with Crippen LogP contribution in [0.15, 0.2) is 0 Å². The number of hydrogen-bond acceptors (Lipinski definition) is 4. The van der Waals surface area contributed by atoms with Crippen LogP contribution in [0.4, 0.5) is 0 Å². The molecular weight excluding hydrogens is 182 g/mol. The molecular formula is C6H9NO4S. The Morgan fingerprint density at radius 2 is 2.00 bits per heavy atom. The predicted molar refractivity (Wildman–Crippen MR) is 43.1 cm³/mol. The van der Waals surface area contributed by atoms with E-state index in [1.807, 2.05) is 0 Å². The first-order chi connectivity index (χ1) is 5.61. The Balaban J connectivity index is 2.51. The van der Waals surface area contributed by atoms with Gasteiger partial charge < -0.3 is 10.2 Å². The lowest BCUT2D eigenvalue weighted by Gasteiger charge is -2.24. The maximum Gasteiger partial charge on any atom is 0.331 e. The molecule has 0 radical (unpaired) electrons. The van der Waals surface area contributed by atoms with Crippen LogP contribution in [0.5, 0.6) is 0 Å². The monoisotopic (exact) mass is 191 g/mol. The summed E-state index contributed by atoms with van der Waals surface area (Å²) in [5.41, 5.74) is 0. The van der Waals surface area contributed by atoms with E-state index in [2.05, 4.69) is 5.32 Å². The molecule has 0 aromatic heterocycles. The van der Waals surface area contributed by atoms with Gasteiger partial charge in [-0.15, -0.1) is 11.8 Å². The summed E-state index contributed by atoms with van der Waals surface area (Å²) in [5, 5.41) is 18.9. The van der Waals surface area contributed by atoms with Gasteiger partial charge in [0, 0.05) is 0 Å². The number of carboxylic acids is 2. The van der Waals surface area contributed by atoms with Gasteiger partial charge in [-0.3, -0.25) is 10.1 Å². The van der Waals surface area contributed by atoms with Gasteiger partial charge in [0.1, 0.15) is 6.04 Å². The molecule has 0 bridgehead atoms. The van der Waals surface area contributed by atoms with Crippen molar-refractivity contribution in [2.24, 2.45) is 0 Å². The zero-order chi connectivity index (χ0) is 9.14. The SMILES string of the molecule is O=C(O)C1CCSC(C(=O)O)N1. The van der Waals surface area contributed by atoms with Crippen LogP contribution in [-0.4, -0.2) is 39.3 Å². The molecule has 3 N–H and O–H groups in total. The molecule has 1 rings (SSSR count). The zero-order valence-corrected chi connectivity index (χ0v) is 7.00. The Hall–Kier alpha value is -0.750.